The number of carbonyl (C=O) groups excluding carboxylic acids is 1. The Labute approximate surface area is 222 Å². The van der Waals surface area contributed by atoms with Crippen LogP contribution in [0, 0.1) is 5.92 Å². The fourth-order valence-corrected chi connectivity index (χ4v) is 5.95. The van der Waals surface area contributed by atoms with E-state index in [0.29, 0.717) is 5.82 Å². The first-order chi connectivity index (χ1) is 18.7. The van der Waals surface area contributed by atoms with Gasteiger partial charge in [0, 0.05) is 40.2 Å². The Bertz CT molecular complexity index is 1760. The van der Waals surface area contributed by atoms with Crippen LogP contribution >= 0.6 is 11.3 Å². The van der Waals surface area contributed by atoms with E-state index in [1.165, 1.54) is 6.42 Å². The van der Waals surface area contributed by atoms with Crippen molar-refractivity contribution in [1.82, 2.24) is 30.1 Å². The maximum atomic E-state index is 12.8. The average Bonchev–Trinajstić information content (AvgIpc) is 3.73. The molecule has 5 aromatic heterocycles. The molecule has 9 heteroatoms. The molecule has 5 heterocycles. The standard InChI is InChI=1S/C29H25N7OS/c37-29(17-4-2-1-3-5-17)32-21-12-20(14-30-15-21)18-6-7-23-22(13-18)26(36-35-23)28-33-24-8-10-31-25(27(24)34-28)19-9-11-38-16-19/h6-17H,1-5H2,(H,32,37)(H,33,34)(H,35,36). The Morgan fingerprint density at radius 3 is 2.74 bits per heavy atom. The van der Waals surface area contributed by atoms with Crippen molar-refractivity contribution in [3.8, 4) is 33.9 Å². The van der Waals surface area contributed by atoms with Gasteiger partial charge >= 0.3 is 0 Å². The van der Waals surface area contributed by atoms with Crippen LogP contribution in [0.15, 0.2) is 65.7 Å². The van der Waals surface area contributed by atoms with Crippen LogP contribution in [0.3, 0.4) is 0 Å². The monoisotopic (exact) mass is 519 g/mol. The van der Waals surface area contributed by atoms with Gasteiger partial charge in [0.1, 0.15) is 11.2 Å². The number of amides is 1. The van der Waals surface area contributed by atoms with Gasteiger partial charge in [-0.3, -0.25) is 19.9 Å². The largest absolute Gasteiger partial charge is 0.336 e. The number of hydrogen-bond acceptors (Lipinski definition) is 6. The van der Waals surface area contributed by atoms with Crippen LogP contribution in [0.1, 0.15) is 32.1 Å². The molecule has 0 spiro atoms. The summed E-state index contributed by atoms with van der Waals surface area (Å²) in [4.78, 5) is 30.1. The molecule has 1 saturated carbocycles. The van der Waals surface area contributed by atoms with Crippen LogP contribution < -0.4 is 5.32 Å². The quantitative estimate of drug-likeness (QED) is 0.232. The first-order valence-corrected chi connectivity index (χ1v) is 13.8. The summed E-state index contributed by atoms with van der Waals surface area (Å²) in [5.74, 6) is 0.869. The van der Waals surface area contributed by atoms with E-state index in [9.17, 15) is 4.79 Å². The summed E-state index contributed by atoms with van der Waals surface area (Å²) >= 11 is 1.64. The Kier molecular flexibility index (Phi) is 5.70. The van der Waals surface area contributed by atoms with Crippen molar-refractivity contribution in [2.75, 3.05) is 5.32 Å². The van der Waals surface area contributed by atoms with E-state index in [2.05, 4.69) is 48.0 Å². The second kappa shape index (κ2) is 9.50. The summed E-state index contributed by atoms with van der Waals surface area (Å²) < 4.78 is 0. The van der Waals surface area contributed by atoms with Crippen LogP contribution in [-0.4, -0.2) is 36.0 Å². The molecule has 0 atom stereocenters. The molecule has 1 aliphatic carbocycles. The SMILES string of the molecule is O=C(Nc1cncc(-c2ccc3[nH]nc(-c4nc5c(-c6ccsc6)nccc5[nH]4)c3c2)c1)C1CCCCC1. The van der Waals surface area contributed by atoms with E-state index in [4.69, 9.17) is 4.98 Å². The summed E-state index contributed by atoms with van der Waals surface area (Å²) in [7, 11) is 0. The molecule has 6 aromatic rings. The molecule has 7 rings (SSSR count). The molecule has 188 valence electrons. The highest BCUT2D eigenvalue weighted by atomic mass is 32.1. The van der Waals surface area contributed by atoms with E-state index in [1.54, 1.807) is 23.7 Å². The number of H-pyrrole nitrogens is 2. The molecule has 0 unspecified atom stereocenters. The maximum absolute atomic E-state index is 12.8. The summed E-state index contributed by atoms with van der Waals surface area (Å²) in [5, 5.41) is 15.9. The number of aromatic amines is 2. The van der Waals surface area contributed by atoms with Gasteiger partial charge in [-0.25, -0.2) is 4.98 Å². The van der Waals surface area contributed by atoms with Crippen molar-refractivity contribution < 1.29 is 4.79 Å². The van der Waals surface area contributed by atoms with Gasteiger partial charge in [0.2, 0.25) is 5.91 Å². The lowest BCUT2D eigenvalue weighted by atomic mass is 9.88. The van der Waals surface area contributed by atoms with Crippen molar-refractivity contribution >= 4 is 44.9 Å². The van der Waals surface area contributed by atoms with Gasteiger partial charge in [-0.05, 0) is 54.1 Å². The van der Waals surface area contributed by atoms with E-state index in [1.807, 2.05) is 35.8 Å². The highest BCUT2D eigenvalue weighted by Gasteiger charge is 2.21. The molecule has 1 aliphatic rings. The van der Waals surface area contributed by atoms with Crippen LogP contribution in [0.4, 0.5) is 5.69 Å². The minimum atomic E-state index is 0.0940. The van der Waals surface area contributed by atoms with Crippen molar-refractivity contribution in [1.29, 1.82) is 0 Å². The second-order valence-corrected chi connectivity index (χ2v) is 10.6. The predicted molar refractivity (Wildman–Crippen MR) is 151 cm³/mol. The minimum Gasteiger partial charge on any atom is -0.336 e. The Balaban J connectivity index is 1.23. The molecule has 0 bridgehead atoms. The molecule has 38 heavy (non-hydrogen) atoms. The third-order valence-electron chi connectivity index (χ3n) is 7.30. The van der Waals surface area contributed by atoms with Crippen LogP contribution in [0.5, 0.6) is 0 Å². The van der Waals surface area contributed by atoms with Gasteiger partial charge in [-0.15, -0.1) is 0 Å². The maximum Gasteiger partial charge on any atom is 0.227 e. The lowest BCUT2D eigenvalue weighted by Gasteiger charge is -2.20. The van der Waals surface area contributed by atoms with Crippen LogP contribution in [-0.2, 0) is 4.79 Å². The number of pyridine rings is 2. The third kappa shape index (κ3) is 4.14. The molecule has 1 aromatic carbocycles. The number of benzene rings is 1. The molecule has 0 aliphatic heterocycles. The van der Waals surface area contributed by atoms with E-state index >= 15 is 0 Å². The minimum absolute atomic E-state index is 0.0940. The first-order valence-electron chi connectivity index (χ1n) is 12.8. The number of thiophene rings is 1. The topological polar surface area (TPSA) is 112 Å². The Morgan fingerprint density at radius 2 is 1.87 bits per heavy atom. The second-order valence-electron chi connectivity index (χ2n) is 9.77. The smallest absolute Gasteiger partial charge is 0.227 e. The molecular formula is C29H25N7OS. The molecule has 3 N–H and O–H groups in total. The lowest BCUT2D eigenvalue weighted by Crippen LogP contribution is -2.24. The molecule has 1 fully saturated rings. The molecular weight excluding hydrogens is 494 g/mol. The van der Waals surface area contributed by atoms with E-state index in [-0.39, 0.29) is 11.8 Å². The number of nitrogens with zero attached hydrogens (tertiary/aromatic N) is 4. The van der Waals surface area contributed by atoms with Gasteiger partial charge in [-0.1, -0.05) is 25.3 Å². The first kappa shape index (κ1) is 22.8. The number of rotatable bonds is 5. The van der Waals surface area contributed by atoms with Gasteiger partial charge < -0.3 is 10.3 Å². The number of carbonyl (C=O) groups is 1. The van der Waals surface area contributed by atoms with Crippen molar-refractivity contribution in [2.24, 2.45) is 5.92 Å². The highest BCUT2D eigenvalue weighted by Crippen LogP contribution is 2.33. The normalized spacial score (nSPS) is 14.3. The van der Waals surface area contributed by atoms with Crippen molar-refractivity contribution in [3.63, 3.8) is 0 Å². The Hall–Kier alpha value is -4.37. The Morgan fingerprint density at radius 1 is 0.947 bits per heavy atom. The van der Waals surface area contributed by atoms with Gasteiger partial charge in [0.05, 0.1) is 28.6 Å². The number of nitrogens with one attached hydrogen (secondary N) is 3. The fourth-order valence-electron chi connectivity index (χ4n) is 5.31. The molecule has 1 amide bonds. The van der Waals surface area contributed by atoms with Crippen molar-refractivity contribution in [3.05, 3.63) is 65.7 Å². The number of aromatic nitrogens is 6. The summed E-state index contributed by atoms with van der Waals surface area (Å²) in [5.41, 5.74) is 7.91. The number of anilines is 1. The van der Waals surface area contributed by atoms with Crippen LogP contribution in [0.2, 0.25) is 0 Å². The van der Waals surface area contributed by atoms with E-state index < -0.39 is 0 Å². The van der Waals surface area contributed by atoms with E-state index in [0.717, 1.165) is 81.4 Å². The number of imidazole rings is 1. The predicted octanol–water partition coefficient (Wildman–Crippen LogP) is 6.81. The summed E-state index contributed by atoms with van der Waals surface area (Å²) in [6.07, 6.45) is 10.7. The zero-order valence-electron chi connectivity index (χ0n) is 20.6. The molecule has 0 saturated heterocycles. The molecule has 0 radical (unpaired) electrons. The number of fused-ring (bicyclic) bond motifs is 2. The number of hydrogen-bond donors (Lipinski definition) is 3. The van der Waals surface area contributed by atoms with Crippen molar-refractivity contribution in [2.45, 2.75) is 32.1 Å². The fraction of sp³-hybridized carbons (Fsp3) is 0.207. The lowest BCUT2D eigenvalue weighted by molar-refractivity contribution is -0.120. The van der Waals surface area contributed by atoms with Crippen LogP contribution in [0.25, 0.3) is 55.8 Å². The molecule has 8 nitrogen and oxygen atoms in total. The van der Waals surface area contributed by atoms with Gasteiger partial charge in [0.15, 0.2) is 5.82 Å². The average molecular weight is 520 g/mol. The highest BCUT2D eigenvalue weighted by molar-refractivity contribution is 7.08. The summed E-state index contributed by atoms with van der Waals surface area (Å²) in [6, 6.07) is 12.1. The zero-order valence-corrected chi connectivity index (χ0v) is 21.4. The zero-order chi connectivity index (χ0) is 25.5. The third-order valence-corrected chi connectivity index (χ3v) is 7.98. The van der Waals surface area contributed by atoms with Gasteiger partial charge in [-0.2, -0.15) is 16.4 Å². The van der Waals surface area contributed by atoms with Gasteiger partial charge in [0.25, 0.3) is 0 Å². The summed E-state index contributed by atoms with van der Waals surface area (Å²) in [6.45, 7) is 0.